The van der Waals surface area contributed by atoms with E-state index in [-0.39, 0.29) is 6.54 Å². The number of nitrogens with one attached hydrogen (secondary N) is 1. The van der Waals surface area contributed by atoms with Crippen LogP contribution in [0.15, 0.2) is 30.6 Å². The quantitative estimate of drug-likeness (QED) is 0.700. The molecule has 3 rings (SSSR count). The van der Waals surface area contributed by atoms with Crippen molar-refractivity contribution in [1.82, 2.24) is 19.6 Å². The Morgan fingerprint density at radius 3 is 2.58 bits per heavy atom. The molecule has 0 fully saturated rings. The number of aryl methyl sites for hydroxylation is 1. The number of anilines is 1. The van der Waals surface area contributed by atoms with Gasteiger partial charge in [-0.2, -0.15) is 14.6 Å². The van der Waals surface area contributed by atoms with Crippen LogP contribution in [-0.4, -0.2) is 25.9 Å². The van der Waals surface area contributed by atoms with Crippen LogP contribution in [0, 0.1) is 12.7 Å². The number of fused-ring (bicyclic) bond motifs is 1. The van der Waals surface area contributed by atoms with Crippen molar-refractivity contribution < 1.29 is 22.3 Å². The Labute approximate surface area is 146 Å². The van der Waals surface area contributed by atoms with Gasteiger partial charge < -0.3 is 10.1 Å². The highest BCUT2D eigenvalue weighted by molar-refractivity contribution is 5.45. The number of aromatic nitrogens is 4. The van der Waals surface area contributed by atoms with Crippen LogP contribution < -0.4 is 10.1 Å². The van der Waals surface area contributed by atoms with Gasteiger partial charge >= 0.3 is 6.36 Å². The second-order valence-corrected chi connectivity index (χ2v) is 4.92. The summed E-state index contributed by atoms with van der Waals surface area (Å²) in [5.41, 5.74) is 1.14. The highest BCUT2D eigenvalue weighted by Gasteiger charge is 2.32. The lowest BCUT2D eigenvalue weighted by molar-refractivity contribution is -0.275. The third-order valence-electron chi connectivity index (χ3n) is 3.08. The fourth-order valence-electron chi connectivity index (χ4n) is 2.11. The third kappa shape index (κ3) is 4.80. The Kier molecular flexibility index (Phi) is 5.96. The molecule has 140 valence electrons. The van der Waals surface area contributed by atoms with Crippen LogP contribution in [0.5, 0.6) is 5.75 Å². The molecule has 0 bridgehead atoms. The summed E-state index contributed by atoms with van der Waals surface area (Å²) in [4.78, 5) is 8.15. The Bertz CT molecular complexity index is 879. The van der Waals surface area contributed by atoms with E-state index >= 15 is 0 Å². The van der Waals surface area contributed by atoms with Crippen LogP contribution in [-0.2, 0) is 6.54 Å². The molecule has 6 nitrogen and oxygen atoms in total. The molecular weight excluding hydrogens is 354 g/mol. The van der Waals surface area contributed by atoms with Gasteiger partial charge in [-0.1, -0.05) is 19.9 Å². The summed E-state index contributed by atoms with van der Waals surface area (Å²) in [6, 6.07) is 4.96. The number of benzene rings is 1. The highest BCUT2D eigenvalue weighted by atomic mass is 19.4. The molecule has 0 saturated carbocycles. The normalized spacial score (nSPS) is 11.0. The summed E-state index contributed by atoms with van der Waals surface area (Å²) in [5.74, 6) is -0.989. The summed E-state index contributed by atoms with van der Waals surface area (Å²) in [6.45, 7) is 5.95. The van der Waals surface area contributed by atoms with E-state index in [1.165, 1.54) is 16.9 Å². The van der Waals surface area contributed by atoms with Crippen molar-refractivity contribution in [3.63, 3.8) is 0 Å². The summed E-state index contributed by atoms with van der Waals surface area (Å²) < 4.78 is 55.1. The molecule has 0 aliphatic carbocycles. The van der Waals surface area contributed by atoms with Crippen molar-refractivity contribution in [3.8, 4) is 5.75 Å². The zero-order valence-corrected chi connectivity index (χ0v) is 14.3. The zero-order chi connectivity index (χ0) is 19.3. The molecule has 0 spiro atoms. The van der Waals surface area contributed by atoms with Gasteiger partial charge in [0.2, 0.25) is 0 Å². The third-order valence-corrected chi connectivity index (χ3v) is 3.08. The molecular formula is C16H17F4N5O. The van der Waals surface area contributed by atoms with Crippen LogP contribution in [0.1, 0.15) is 25.1 Å². The topological polar surface area (TPSA) is 64.3 Å². The molecule has 0 aliphatic rings. The number of hydrogen-bond acceptors (Lipinski definition) is 5. The molecule has 0 atom stereocenters. The largest absolute Gasteiger partial charge is 0.573 e. The zero-order valence-electron chi connectivity index (χ0n) is 14.3. The molecule has 3 aromatic rings. The Morgan fingerprint density at radius 2 is 1.92 bits per heavy atom. The molecule has 1 aromatic carbocycles. The van der Waals surface area contributed by atoms with Crippen LogP contribution in [0.25, 0.3) is 5.78 Å². The minimum Gasteiger partial charge on any atom is -0.403 e. The number of alkyl halides is 3. The first kappa shape index (κ1) is 19.4. The fourth-order valence-corrected chi connectivity index (χ4v) is 2.11. The molecule has 0 saturated heterocycles. The van der Waals surface area contributed by atoms with Gasteiger partial charge in [0.25, 0.3) is 5.78 Å². The minimum atomic E-state index is -4.94. The Morgan fingerprint density at radius 1 is 1.19 bits per heavy atom. The van der Waals surface area contributed by atoms with E-state index in [0.29, 0.717) is 22.9 Å². The monoisotopic (exact) mass is 371 g/mol. The predicted molar refractivity (Wildman–Crippen MR) is 87.3 cm³/mol. The van der Waals surface area contributed by atoms with E-state index in [2.05, 4.69) is 25.1 Å². The van der Waals surface area contributed by atoms with Crippen LogP contribution >= 0.6 is 0 Å². The van der Waals surface area contributed by atoms with Crippen molar-refractivity contribution in [2.24, 2.45) is 0 Å². The smallest absolute Gasteiger partial charge is 0.403 e. The first-order chi connectivity index (χ1) is 12.3. The van der Waals surface area contributed by atoms with Gasteiger partial charge in [-0.25, -0.2) is 9.37 Å². The fraction of sp³-hybridized carbons (Fsp3) is 0.312. The molecule has 0 unspecified atom stereocenters. The number of nitrogens with zero attached hydrogens (tertiary/aromatic N) is 4. The average Bonchev–Trinajstić information content (AvgIpc) is 3.04. The van der Waals surface area contributed by atoms with E-state index in [4.69, 9.17) is 0 Å². The highest BCUT2D eigenvalue weighted by Crippen LogP contribution is 2.26. The maximum Gasteiger partial charge on any atom is 0.573 e. The standard InChI is InChI=1S/C14H11F4N5O.C2H6/c1-8-4-12(23-13(22-8)20-7-21-23)19-6-9-2-3-11(10(15)5-9)24-14(16,17)18;1-2/h2-5,7,19H,6H2,1H3;1-2H3. The lowest BCUT2D eigenvalue weighted by Crippen LogP contribution is -2.18. The summed E-state index contributed by atoms with van der Waals surface area (Å²) in [5, 5.41) is 7.02. The van der Waals surface area contributed by atoms with Crippen molar-refractivity contribution in [1.29, 1.82) is 0 Å². The van der Waals surface area contributed by atoms with Gasteiger partial charge in [-0.05, 0) is 24.6 Å². The molecule has 0 radical (unpaired) electrons. The molecule has 1 N–H and O–H groups in total. The molecule has 2 heterocycles. The molecule has 10 heteroatoms. The predicted octanol–water partition coefficient (Wildman–Crippen LogP) is 4.11. The van der Waals surface area contributed by atoms with Gasteiger partial charge in [0.05, 0.1) is 0 Å². The van der Waals surface area contributed by atoms with Crippen LogP contribution in [0.4, 0.5) is 23.4 Å². The van der Waals surface area contributed by atoms with Gasteiger partial charge in [0.1, 0.15) is 12.1 Å². The second kappa shape index (κ2) is 7.98. The van der Waals surface area contributed by atoms with Crippen molar-refractivity contribution in [3.05, 3.63) is 47.7 Å². The Balaban J connectivity index is 0.00000117. The number of ether oxygens (including phenoxy) is 1. The number of halogens is 4. The van der Waals surface area contributed by atoms with E-state index in [0.717, 1.165) is 12.1 Å². The van der Waals surface area contributed by atoms with Crippen LogP contribution in [0.3, 0.4) is 0 Å². The minimum absolute atomic E-state index is 0.168. The van der Waals surface area contributed by atoms with E-state index in [9.17, 15) is 17.6 Å². The van der Waals surface area contributed by atoms with Gasteiger partial charge in [0.15, 0.2) is 11.6 Å². The van der Waals surface area contributed by atoms with E-state index in [1.807, 2.05) is 13.8 Å². The van der Waals surface area contributed by atoms with Crippen LogP contribution in [0.2, 0.25) is 0 Å². The Hall–Kier alpha value is -2.91. The molecule has 2 aromatic heterocycles. The maximum absolute atomic E-state index is 13.7. The van der Waals surface area contributed by atoms with E-state index in [1.54, 1.807) is 13.0 Å². The molecule has 26 heavy (non-hydrogen) atoms. The summed E-state index contributed by atoms with van der Waals surface area (Å²) in [6.07, 6.45) is -3.59. The van der Waals surface area contributed by atoms with E-state index < -0.39 is 17.9 Å². The van der Waals surface area contributed by atoms with Crippen molar-refractivity contribution in [2.45, 2.75) is 33.7 Å². The molecule has 0 amide bonds. The molecule has 0 aliphatic heterocycles. The average molecular weight is 371 g/mol. The lowest BCUT2D eigenvalue weighted by Gasteiger charge is -2.12. The van der Waals surface area contributed by atoms with Gasteiger partial charge in [-0.3, -0.25) is 0 Å². The maximum atomic E-state index is 13.7. The van der Waals surface area contributed by atoms with Gasteiger partial charge in [0, 0.05) is 18.3 Å². The van der Waals surface area contributed by atoms with Gasteiger partial charge in [-0.15, -0.1) is 13.2 Å². The second-order valence-electron chi connectivity index (χ2n) is 4.92. The first-order valence-electron chi connectivity index (χ1n) is 7.77. The van der Waals surface area contributed by atoms with Crippen molar-refractivity contribution >= 4 is 11.6 Å². The first-order valence-corrected chi connectivity index (χ1v) is 7.77. The van der Waals surface area contributed by atoms with Crippen molar-refractivity contribution in [2.75, 3.05) is 5.32 Å². The number of rotatable bonds is 4. The number of hydrogen-bond donors (Lipinski definition) is 1. The lowest BCUT2D eigenvalue weighted by atomic mass is 10.2. The summed E-state index contributed by atoms with van der Waals surface area (Å²) in [7, 11) is 0. The SMILES string of the molecule is CC.Cc1cc(NCc2ccc(OC(F)(F)F)c(F)c2)n2ncnc2n1. The summed E-state index contributed by atoms with van der Waals surface area (Å²) >= 11 is 0.